The van der Waals surface area contributed by atoms with E-state index in [2.05, 4.69) is 25.2 Å². The quantitative estimate of drug-likeness (QED) is 0.913. The first-order valence-corrected chi connectivity index (χ1v) is 7.00. The van der Waals surface area contributed by atoms with E-state index in [1.807, 2.05) is 37.6 Å². The maximum atomic E-state index is 4.49. The van der Waals surface area contributed by atoms with Gasteiger partial charge in [0.15, 0.2) is 0 Å². The largest absolute Gasteiger partial charge is 0.340 e. The zero-order chi connectivity index (χ0) is 13.8. The molecule has 0 aromatic carbocycles. The van der Waals surface area contributed by atoms with Gasteiger partial charge in [-0.25, -0.2) is 9.97 Å². The molecule has 1 atom stereocenters. The fraction of sp³-hybridized carbons (Fsp3) is 0.400. The van der Waals surface area contributed by atoms with Crippen molar-refractivity contribution in [3.8, 4) is 11.3 Å². The van der Waals surface area contributed by atoms with E-state index in [0.717, 1.165) is 36.8 Å². The fourth-order valence-electron chi connectivity index (χ4n) is 2.62. The highest BCUT2D eigenvalue weighted by Crippen LogP contribution is 2.21. The van der Waals surface area contributed by atoms with Crippen LogP contribution < -0.4 is 10.2 Å². The topological polar surface area (TPSA) is 53.9 Å². The van der Waals surface area contributed by atoms with Gasteiger partial charge in [0, 0.05) is 37.2 Å². The first-order chi connectivity index (χ1) is 9.86. The van der Waals surface area contributed by atoms with Crippen molar-refractivity contribution in [1.29, 1.82) is 0 Å². The lowest BCUT2D eigenvalue weighted by atomic mass is 10.1. The second-order valence-corrected chi connectivity index (χ2v) is 5.15. The van der Waals surface area contributed by atoms with Crippen molar-refractivity contribution < 1.29 is 0 Å². The van der Waals surface area contributed by atoms with Crippen molar-refractivity contribution in [2.45, 2.75) is 6.42 Å². The maximum absolute atomic E-state index is 4.49. The summed E-state index contributed by atoms with van der Waals surface area (Å²) in [5.74, 6) is 1.52. The van der Waals surface area contributed by atoms with Gasteiger partial charge in [-0.05, 0) is 38.1 Å². The summed E-state index contributed by atoms with van der Waals surface area (Å²) in [6, 6.07) is 5.85. The molecule has 1 saturated heterocycles. The molecule has 3 rings (SSSR count). The van der Waals surface area contributed by atoms with E-state index < -0.39 is 0 Å². The van der Waals surface area contributed by atoms with Crippen LogP contribution in [0.1, 0.15) is 6.42 Å². The Hall–Kier alpha value is -2.01. The molecule has 1 fully saturated rings. The third kappa shape index (κ3) is 2.77. The monoisotopic (exact) mass is 269 g/mol. The molecule has 1 unspecified atom stereocenters. The molecule has 20 heavy (non-hydrogen) atoms. The molecule has 5 nitrogen and oxygen atoms in total. The molecule has 104 valence electrons. The Kier molecular flexibility index (Phi) is 3.87. The number of nitrogens with zero attached hydrogens (tertiary/aromatic N) is 4. The number of pyridine rings is 1. The molecule has 0 amide bonds. The molecule has 0 radical (unpaired) electrons. The normalized spacial score (nSPS) is 18.4. The Balaban J connectivity index is 1.71. The lowest BCUT2D eigenvalue weighted by molar-refractivity contribution is 0.548. The molecular weight excluding hydrogens is 250 g/mol. The minimum Gasteiger partial charge on any atom is -0.340 e. The van der Waals surface area contributed by atoms with Crippen LogP contribution in [0.4, 0.5) is 5.95 Å². The molecular formula is C15H19N5. The van der Waals surface area contributed by atoms with Crippen LogP contribution in [0.5, 0.6) is 0 Å². The van der Waals surface area contributed by atoms with Crippen LogP contribution in [-0.4, -0.2) is 41.6 Å². The molecule has 0 spiro atoms. The van der Waals surface area contributed by atoms with Crippen molar-refractivity contribution in [2.75, 3.05) is 31.6 Å². The van der Waals surface area contributed by atoms with Gasteiger partial charge in [-0.2, -0.15) is 0 Å². The highest BCUT2D eigenvalue weighted by molar-refractivity contribution is 5.57. The second-order valence-electron chi connectivity index (χ2n) is 5.15. The molecule has 1 aliphatic heterocycles. The summed E-state index contributed by atoms with van der Waals surface area (Å²) in [4.78, 5) is 15.5. The lowest BCUT2D eigenvalue weighted by Crippen LogP contribution is -2.25. The molecule has 0 saturated carbocycles. The van der Waals surface area contributed by atoms with Crippen molar-refractivity contribution in [1.82, 2.24) is 20.3 Å². The number of hydrogen-bond donors (Lipinski definition) is 1. The number of anilines is 1. The molecule has 0 bridgehead atoms. The summed E-state index contributed by atoms with van der Waals surface area (Å²) in [7, 11) is 2.00. The minimum atomic E-state index is 0.694. The van der Waals surface area contributed by atoms with Crippen LogP contribution in [0, 0.1) is 5.92 Å². The molecule has 1 aliphatic rings. The molecule has 5 heteroatoms. The molecule has 3 heterocycles. The van der Waals surface area contributed by atoms with Gasteiger partial charge < -0.3 is 10.2 Å². The van der Waals surface area contributed by atoms with Crippen LogP contribution in [0.2, 0.25) is 0 Å². The molecule has 0 aliphatic carbocycles. The van der Waals surface area contributed by atoms with E-state index in [1.54, 1.807) is 6.20 Å². The van der Waals surface area contributed by atoms with Crippen LogP contribution in [0.25, 0.3) is 11.3 Å². The Labute approximate surface area is 119 Å². The zero-order valence-corrected chi connectivity index (χ0v) is 11.7. The average Bonchev–Trinajstić information content (AvgIpc) is 2.97. The van der Waals surface area contributed by atoms with Gasteiger partial charge in [0.05, 0.1) is 5.69 Å². The van der Waals surface area contributed by atoms with E-state index in [-0.39, 0.29) is 0 Å². The maximum Gasteiger partial charge on any atom is 0.225 e. The van der Waals surface area contributed by atoms with Crippen LogP contribution in [0.15, 0.2) is 36.8 Å². The summed E-state index contributed by atoms with van der Waals surface area (Å²) in [5, 5.41) is 3.24. The molecule has 1 N–H and O–H groups in total. The number of rotatable bonds is 4. The number of nitrogens with one attached hydrogen (secondary N) is 1. The summed E-state index contributed by atoms with van der Waals surface area (Å²) >= 11 is 0. The van der Waals surface area contributed by atoms with Gasteiger partial charge >= 0.3 is 0 Å². The van der Waals surface area contributed by atoms with Crippen molar-refractivity contribution in [2.24, 2.45) is 5.92 Å². The Morgan fingerprint density at radius 1 is 1.25 bits per heavy atom. The van der Waals surface area contributed by atoms with Crippen molar-refractivity contribution in [3.63, 3.8) is 0 Å². The van der Waals surface area contributed by atoms with E-state index >= 15 is 0 Å². The first kappa shape index (κ1) is 13.0. The Morgan fingerprint density at radius 2 is 2.10 bits per heavy atom. The second kappa shape index (κ2) is 5.96. The smallest absolute Gasteiger partial charge is 0.225 e. The third-order valence-corrected chi connectivity index (χ3v) is 3.66. The van der Waals surface area contributed by atoms with Gasteiger partial charge in [0.1, 0.15) is 0 Å². The number of aromatic nitrogens is 3. The standard InChI is InChI=1S/C15H19N5/c1-16-8-12-5-7-20(11-12)15-18-9-13(10-19-15)14-4-2-3-6-17-14/h2-4,6,9-10,12,16H,5,7-8,11H2,1H3. The summed E-state index contributed by atoms with van der Waals surface area (Å²) < 4.78 is 0. The van der Waals surface area contributed by atoms with Gasteiger partial charge in [-0.15, -0.1) is 0 Å². The highest BCUT2D eigenvalue weighted by Gasteiger charge is 2.23. The number of hydrogen-bond acceptors (Lipinski definition) is 5. The minimum absolute atomic E-state index is 0.694. The van der Waals surface area contributed by atoms with E-state index in [9.17, 15) is 0 Å². The molecule has 2 aromatic heterocycles. The summed E-state index contributed by atoms with van der Waals surface area (Å²) in [5.41, 5.74) is 1.87. The first-order valence-electron chi connectivity index (χ1n) is 7.00. The Bertz CT molecular complexity index is 540. The SMILES string of the molecule is CNCC1CCN(c2ncc(-c3ccccn3)cn2)C1. The van der Waals surface area contributed by atoms with Crippen LogP contribution in [0.3, 0.4) is 0 Å². The predicted molar refractivity (Wildman–Crippen MR) is 79.5 cm³/mol. The van der Waals surface area contributed by atoms with E-state index in [1.165, 1.54) is 6.42 Å². The highest BCUT2D eigenvalue weighted by atomic mass is 15.3. The predicted octanol–water partition coefficient (Wildman–Crippen LogP) is 1.58. The van der Waals surface area contributed by atoms with E-state index in [0.29, 0.717) is 5.92 Å². The Morgan fingerprint density at radius 3 is 2.80 bits per heavy atom. The fourth-order valence-corrected chi connectivity index (χ4v) is 2.62. The third-order valence-electron chi connectivity index (χ3n) is 3.66. The van der Waals surface area contributed by atoms with Crippen LogP contribution in [-0.2, 0) is 0 Å². The van der Waals surface area contributed by atoms with Gasteiger partial charge in [-0.3, -0.25) is 4.98 Å². The van der Waals surface area contributed by atoms with Crippen molar-refractivity contribution in [3.05, 3.63) is 36.8 Å². The van der Waals surface area contributed by atoms with Gasteiger partial charge in [-0.1, -0.05) is 6.07 Å². The van der Waals surface area contributed by atoms with Gasteiger partial charge in [0.25, 0.3) is 0 Å². The van der Waals surface area contributed by atoms with Crippen LogP contribution >= 0.6 is 0 Å². The van der Waals surface area contributed by atoms with Crippen molar-refractivity contribution >= 4 is 5.95 Å². The summed E-state index contributed by atoms with van der Waals surface area (Å²) in [6.07, 6.45) is 6.70. The molecule has 2 aromatic rings. The van der Waals surface area contributed by atoms with Gasteiger partial charge in [0.2, 0.25) is 5.95 Å². The lowest BCUT2D eigenvalue weighted by Gasteiger charge is -2.16. The zero-order valence-electron chi connectivity index (χ0n) is 11.7. The summed E-state index contributed by atoms with van der Waals surface area (Å²) in [6.45, 7) is 3.13. The van der Waals surface area contributed by atoms with E-state index in [4.69, 9.17) is 0 Å². The average molecular weight is 269 g/mol.